The van der Waals surface area contributed by atoms with Crippen molar-refractivity contribution in [3.05, 3.63) is 35.5 Å². The maximum atomic E-state index is 11.2. The fraction of sp³-hybridized carbons (Fsp3) is 0.438. The minimum absolute atomic E-state index is 0.201. The summed E-state index contributed by atoms with van der Waals surface area (Å²) in [6.45, 7) is 2.08. The largest absolute Gasteiger partial charge is 0.481 e. The van der Waals surface area contributed by atoms with Gasteiger partial charge in [0.15, 0.2) is 0 Å². The Morgan fingerprint density at radius 1 is 1.37 bits per heavy atom. The zero-order valence-corrected chi connectivity index (χ0v) is 11.2. The highest BCUT2D eigenvalue weighted by molar-refractivity contribution is 5.85. The van der Waals surface area contributed by atoms with Gasteiger partial charge in [0.25, 0.3) is 0 Å². The lowest BCUT2D eigenvalue weighted by Gasteiger charge is -2.26. The number of aromatic nitrogens is 1. The molecule has 0 fully saturated rings. The molecule has 100 valence electrons. The molecule has 3 nitrogen and oxygen atoms in total. The van der Waals surface area contributed by atoms with E-state index in [0.717, 1.165) is 36.9 Å². The van der Waals surface area contributed by atoms with Crippen molar-refractivity contribution in [1.29, 1.82) is 0 Å². The van der Waals surface area contributed by atoms with E-state index in [1.807, 2.05) is 6.07 Å². The molecular weight excluding hydrogens is 238 g/mol. The van der Waals surface area contributed by atoms with Gasteiger partial charge in [0.2, 0.25) is 0 Å². The molecule has 3 rings (SSSR count). The molecule has 0 bridgehead atoms. The lowest BCUT2D eigenvalue weighted by molar-refractivity contribution is -0.138. The molecule has 1 aromatic heterocycles. The highest BCUT2D eigenvalue weighted by Crippen LogP contribution is 2.41. The molecule has 3 heteroatoms. The lowest BCUT2D eigenvalue weighted by atomic mass is 9.79. The van der Waals surface area contributed by atoms with E-state index < -0.39 is 5.97 Å². The Hall–Kier alpha value is -1.77. The quantitative estimate of drug-likeness (QED) is 0.807. The first-order valence-electron chi connectivity index (χ1n) is 6.92. The van der Waals surface area contributed by atoms with Crippen molar-refractivity contribution in [3.8, 4) is 0 Å². The Kier molecular flexibility index (Phi) is 2.85. The van der Waals surface area contributed by atoms with Crippen LogP contribution >= 0.6 is 0 Å². The Balaban J connectivity index is 2.19. The second kappa shape index (κ2) is 4.41. The van der Waals surface area contributed by atoms with E-state index in [-0.39, 0.29) is 11.8 Å². The number of carboxylic acids is 1. The van der Waals surface area contributed by atoms with E-state index in [9.17, 15) is 9.90 Å². The summed E-state index contributed by atoms with van der Waals surface area (Å²) in [4.78, 5) is 14.7. The van der Waals surface area contributed by atoms with Crippen LogP contribution in [-0.2, 0) is 16.6 Å². The number of hydrogen-bond donors (Lipinski definition) is 2. The second-order valence-electron chi connectivity index (χ2n) is 5.86. The number of rotatable bonds is 2. The summed E-state index contributed by atoms with van der Waals surface area (Å²) in [5.74, 6) is -0.714. The molecule has 1 aromatic carbocycles. The molecule has 1 heterocycles. The van der Waals surface area contributed by atoms with Crippen LogP contribution in [0, 0.1) is 0 Å². The van der Waals surface area contributed by atoms with E-state index in [2.05, 4.69) is 30.1 Å². The van der Waals surface area contributed by atoms with Gasteiger partial charge in [-0.05, 0) is 30.9 Å². The van der Waals surface area contributed by atoms with Crippen LogP contribution in [0.4, 0.5) is 0 Å². The summed E-state index contributed by atoms with van der Waals surface area (Å²) in [5, 5.41) is 10.5. The van der Waals surface area contributed by atoms with Crippen molar-refractivity contribution in [2.45, 2.75) is 44.4 Å². The number of aromatic amines is 1. The van der Waals surface area contributed by atoms with Gasteiger partial charge >= 0.3 is 5.97 Å². The molecule has 0 saturated heterocycles. The van der Waals surface area contributed by atoms with E-state index >= 15 is 0 Å². The summed E-state index contributed by atoms with van der Waals surface area (Å²) in [7, 11) is 0. The maximum Gasteiger partial charge on any atom is 0.304 e. The number of aliphatic carboxylic acids is 1. The average molecular weight is 257 g/mol. The van der Waals surface area contributed by atoms with Crippen LogP contribution in [0.2, 0.25) is 0 Å². The summed E-state index contributed by atoms with van der Waals surface area (Å²) in [5.41, 5.74) is 3.34. The van der Waals surface area contributed by atoms with Crippen LogP contribution in [0.15, 0.2) is 24.3 Å². The van der Waals surface area contributed by atoms with E-state index in [1.54, 1.807) is 0 Å². The minimum atomic E-state index is -0.714. The minimum Gasteiger partial charge on any atom is -0.481 e. The molecule has 1 atom stereocenters. The van der Waals surface area contributed by atoms with Gasteiger partial charge < -0.3 is 10.1 Å². The van der Waals surface area contributed by atoms with Gasteiger partial charge in [0.1, 0.15) is 0 Å². The molecule has 0 saturated carbocycles. The van der Waals surface area contributed by atoms with Crippen LogP contribution < -0.4 is 0 Å². The van der Waals surface area contributed by atoms with Gasteiger partial charge in [-0.3, -0.25) is 4.79 Å². The molecule has 19 heavy (non-hydrogen) atoms. The van der Waals surface area contributed by atoms with Crippen molar-refractivity contribution in [2.24, 2.45) is 0 Å². The average Bonchev–Trinajstić information content (AvgIpc) is 2.66. The molecule has 0 spiro atoms. The summed E-state index contributed by atoms with van der Waals surface area (Å²) in [6.07, 6.45) is 4.44. The van der Waals surface area contributed by atoms with Crippen molar-refractivity contribution in [3.63, 3.8) is 0 Å². The topological polar surface area (TPSA) is 53.1 Å². The number of benzene rings is 1. The van der Waals surface area contributed by atoms with Gasteiger partial charge in [-0.15, -0.1) is 0 Å². The van der Waals surface area contributed by atoms with Crippen LogP contribution in [0.25, 0.3) is 10.9 Å². The van der Waals surface area contributed by atoms with Crippen LogP contribution in [0.5, 0.6) is 0 Å². The fourth-order valence-corrected chi connectivity index (χ4v) is 3.43. The third-order valence-electron chi connectivity index (χ3n) is 4.36. The van der Waals surface area contributed by atoms with Crippen LogP contribution in [0.1, 0.15) is 43.9 Å². The lowest BCUT2D eigenvalue weighted by Crippen LogP contribution is -2.26. The third kappa shape index (κ3) is 2.03. The molecular formula is C16H19NO2. The molecule has 2 N–H and O–H groups in total. The Morgan fingerprint density at radius 3 is 2.95 bits per heavy atom. The van der Waals surface area contributed by atoms with E-state index in [4.69, 9.17) is 0 Å². The first-order valence-corrected chi connectivity index (χ1v) is 6.92. The van der Waals surface area contributed by atoms with E-state index in [0.29, 0.717) is 0 Å². The predicted octanol–water partition coefficient (Wildman–Crippen LogP) is 3.63. The fourth-order valence-electron chi connectivity index (χ4n) is 3.43. The smallest absolute Gasteiger partial charge is 0.304 e. The van der Waals surface area contributed by atoms with Gasteiger partial charge in [-0.25, -0.2) is 0 Å². The van der Waals surface area contributed by atoms with Gasteiger partial charge in [0.05, 0.1) is 6.42 Å². The number of H-pyrrole nitrogens is 1. The van der Waals surface area contributed by atoms with Crippen molar-refractivity contribution < 1.29 is 9.90 Å². The summed E-state index contributed by atoms with van der Waals surface area (Å²) >= 11 is 0. The van der Waals surface area contributed by atoms with Crippen molar-refractivity contribution >= 4 is 16.9 Å². The maximum absolute atomic E-state index is 11.2. The summed E-state index contributed by atoms with van der Waals surface area (Å²) < 4.78 is 0. The second-order valence-corrected chi connectivity index (χ2v) is 5.86. The number of hydrogen-bond acceptors (Lipinski definition) is 1. The van der Waals surface area contributed by atoms with Gasteiger partial charge in [-0.1, -0.05) is 31.5 Å². The highest BCUT2D eigenvalue weighted by atomic mass is 16.4. The highest BCUT2D eigenvalue weighted by Gasteiger charge is 2.35. The summed E-state index contributed by atoms with van der Waals surface area (Å²) in [6, 6.07) is 8.28. The first-order chi connectivity index (χ1) is 9.10. The number of carboxylic acid groups (broad SMARTS) is 1. The Bertz CT molecular complexity index is 629. The van der Waals surface area contributed by atoms with Crippen molar-refractivity contribution in [2.75, 3.05) is 0 Å². The predicted molar refractivity (Wildman–Crippen MR) is 75.5 cm³/mol. The Labute approximate surface area is 112 Å². The number of fused-ring (bicyclic) bond motifs is 3. The number of carbonyl (C=O) groups is 1. The molecule has 1 aliphatic carbocycles. The number of aryl methyl sites for hydroxylation is 1. The molecule has 0 unspecified atom stereocenters. The standard InChI is InChI=1S/C16H19NO2/c1-16(10-14(18)19)9-5-4-7-12-11-6-2-3-8-13(11)17-15(12)16/h2-3,6,8,17H,4-5,7,9-10H2,1H3,(H,18,19)/t16-/m0/s1. The van der Waals surface area contributed by atoms with Crippen LogP contribution in [0.3, 0.4) is 0 Å². The monoisotopic (exact) mass is 257 g/mol. The Morgan fingerprint density at radius 2 is 2.16 bits per heavy atom. The van der Waals surface area contributed by atoms with Gasteiger partial charge in [-0.2, -0.15) is 0 Å². The third-order valence-corrected chi connectivity index (χ3v) is 4.36. The molecule has 2 aromatic rings. The van der Waals surface area contributed by atoms with Gasteiger partial charge in [0, 0.05) is 22.0 Å². The zero-order valence-electron chi connectivity index (χ0n) is 11.2. The SMILES string of the molecule is C[C@@]1(CC(=O)O)CCCCc2c1[nH]c1ccccc21. The van der Waals surface area contributed by atoms with E-state index in [1.165, 1.54) is 10.9 Å². The number of nitrogens with one attached hydrogen (secondary N) is 1. The molecule has 1 aliphatic rings. The molecule has 0 radical (unpaired) electrons. The first kappa shape index (κ1) is 12.3. The zero-order chi connectivity index (χ0) is 13.5. The normalized spacial score (nSPS) is 23.0. The number of para-hydroxylation sites is 1. The van der Waals surface area contributed by atoms with Crippen LogP contribution in [-0.4, -0.2) is 16.1 Å². The molecule has 0 aliphatic heterocycles. The molecule has 0 amide bonds. The van der Waals surface area contributed by atoms with Crippen molar-refractivity contribution in [1.82, 2.24) is 4.98 Å².